The number of halogens is 2. The van der Waals surface area contributed by atoms with Gasteiger partial charge < -0.3 is 0 Å². The largest absolute Gasteiger partial charge is 0.287 e. The van der Waals surface area contributed by atoms with Gasteiger partial charge in [-0.25, -0.2) is 0 Å². The van der Waals surface area contributed by atoms with E-state index in [1.807, 2.05) is 54.6 Å². The average molecular weight is 429 g/mol. The van der Waals surface area contributed by atoms with Gasteiger partial charge >= 0.3 is 0 Å². The predicted molar refractivity (Wildman–Crippen MR) is 122 cm³/mol. The van der Waals surface area contributed by atoms with Crippen LogP contribution in [-0.2, 0) is 0 Å². The number of aromatic nitrogens is 2. The zero-order valence-electron chi connectivity index (χ0n) is 15.6. The molecule has 3 nitrogen and oxygen atoms in total. The van der Waals surface area contributed by atoms with Crippen molar-refractivity contribution in [2.24, 2.45) is 0 Å². The van der Waals surface area contributed by atoms with E-state index in [0.29, 0.717) is 21.3 Å². The molecule has 5 rings (SSSR count). The summed E-state index contributed by atoms with van der Waals surface area (Å²) in [7, 11) is 0. The molecule has 2 heterocycles. The fraction of sp³-hybridized carbons (Fsp3) is 0. The van der Waals surface area contributed by atoms with Gasteiger partial charge in [-0.15, -0.1) is 0 Å². The molecule has 0 amide bonds. The van der Waals surface area contributed by atoms with Crippen LogP contribution in [0.5, 0.6) is 0 Å². The Morgan fingerprint density at radius 3 is 2.27 bits per heavy atom. The summed E-state index contributed by atoms with van der Waals surface area (Å²) in [4.78, 5) is 22.0. The lowest BCUT2D eigenvalue weighted by atomic mass is 9.92. The van der Waals surface area contributed by atoms with Gasteiger partial charge in [-0.1, -0.05) is 41.4 Å². The van der Waals surface area contributed by atoms with Gasteiger partial charge in [-0.2, -0.15) is 0 Å². The minimum Gasteiger partial charge on any atom is -0.287 e. The molecule has 0 spiro atoms. The molecule has 30 heavy (non-hydrogen) atoms. The number of carbonyl (C=O) groups is 1. The maximum atomic E-state index is 13.4. The predicted octanol–water partition coefficient (Wildman–Crippen LogP) is 6.99. The van der Waals surface area contributed by atoms with Crippen LogP contribution in [0.3, 0.4) is 0 Å². The van der Waals surface area contributed by atoms with Crippen molar-refractivity contribution in [3.8, 4) is 11.3 Å². The van der Waals surface area contributed by atoms with E-state index in [-0.39, 0.29) is 5.78 Å². The number of pyridine rings is 2. The summed E-state index contributed by atoms with van der Waals surface area (Å²) in [6.07, 6.45) is 3.34. The first kappa shape index (κ1) is 18.7. The third kappa shape index (κ3) is 3.22. The van der Waals surface area contributed by atoms with Crippen molar-refractivity contribution < 1.29 is 4.79 Å². The fourth-order valence-electron chi connectivity index (χ4n) is 3.69. The van der Waals surface area contributed by atoms with Gasteiger partial charge in [-0.05, 0) is 76.1 Å². The van der Waals surface area contributed by atoms with Crippen molar-refractivity contribution in [2.45, 2.75) is 0 Å². The Morgan fingerprint density at radius 2 is 1.53 bits per heavy atom. The van der Waals surface area contributed by atoms with E-state index >= 15 is 0 Å². The highest BCUT2D eigenvalue weighted by Gasteiger charge is 2.18. The van der Waals surface area contributed by atoms with E-state index in [0.717, 1.165) is 32.8 Å². The SMILES string of the molecule is O=C(c1ccccn1)c1cc2cc(Cl)ccc2c2cc(Cl)c(-c3ccccn3)cc12. The van der Waals surface area contributed by atoms with Crippen LogP contribution in [-0.4, -0.2) is 15.8 Å². The fourth-order valence-corrected chi connectivity index (χ4v) is 4.13. The van der Waals surface area contributed by atoms with Crippen LogP contribution < -0.4 is 0 Å². The number of carbonyl (C=O) groups excluding carboxylic acids is 1. The maximum absolute atomic E-state index is 13.4. The molecule has 0 bridgehead atoms. The van der Waals surface area contributed by atoms with Crippen LogP contribution in [0.4, 0.5) is 0 Å². The summed E-state index contributed by atoms with van der Waals surface area (Å²) in [5.74, 6) is -0.156. The van der Waals surface area contributed by atoms with Gasteiger partial charge in [0.25, 0.3) is 0 Å². The van der Waals surface area contributed by atoms with Crippen LogP contribution in [0.2, 0.25) is 10.0 Å². The molecular weight excluding hydrogens is 415 g/mol. The number of rotatable bonds is 3. The minimum atomic E-state index is -0.156. The summed E-state index contributed by atoms with van der Waals surface area (Å²) in [5, 5.41) is 4.70. The molecule has 2 aromatic heterocycles. The normalized spacial score (nSPS) is 11.1. The average Bonchev–Trinajstić information content (AvgIpc) is 2.78. The summed E-state index contributed by atoms with van der Waals surface area (Å²) in [6, 6.07) is 22.3. The molecule has 0 aliphatic carbocycles. The van der Waals surface area contributed by atoms with Crippen LogP contribution in [0, 0.1) is 0 Å². The van der Waals surface area contributed by atoms with Crippen molar-refractivity contribution in [3.63, 3.8) is 0 Å². The lowest BCUT2D eigenvalue weighted by Crippen LogP contribution is -2.05. The van der Waals surface area contributed by atoms with Gasteiger partial charge in [0.15, 0.2) is 0 Å². The Kier molecular flexibility index (Phi) is 4.70. The first-order chi connectivity index (χ1) is 14.6. The van der Waals surface area contributed by atoms with Crippen LogP contribution in [0.15, 0.2) is 85.2 Å². The molecule has 0 fully saturated rings. The standard InChI is InChI=1S/C25H14Cl2N2O/c26-16-7-8-17-15(11-16)12-20(25(30)24-6-2-4-10-29-24)18-13-21(22(27)14-19(17)18)23-5-1-3-9-28-23/h1-14H. The highest BCUT2D eigenvalue weighted by Crippen LogP contribution is 2.37. The summed E-state index contributed by atoms with van der Waals surface area (Å²) in [5.41, 5.74) is 2.45. The molecule has 0 aliphatic rings. The smallest absolute Gasteiger partial charge is 0.211 e. The number of nitrogens with zero attached hydrogens (tertiary/aromatic N) is 2. The number of hydrogen-bond acceptors (Lipinski definition) is 3. The first-order valence-corrected chi connectivity index (χ1v) is 10.1. The Balaban J connectivity index is 1.87. The van der Waals surface area contributed by atoms with Crippen LogP contribution in [0.1, 0.15) is 16.1 Å². The van der Waals surface area contributed by atoms with Crippen molar-refractivity contribution in [2.75, 3.05) is 0 Å². The summed E-state index contributed by atoms with van der Waals surface area (Å²) < 4.78 is 0. The highest BCUT2D eigenvalue weighted by atomic mass is 35.5. The molecule has 5 heteroatoms. The van der Waals surface area contributed by atoms with Gasteiger partial charge in [0.1, 0.15) is 5.69 Å². The zero-order valence-corrected chi connectivity index (χ0v) is 17.2. The molecule has 0 N–H and O–H groups in total. The van der Waals surface area contributed by atoms with Crippen molar-refractivity contribution in [3.05, 3.63) is 106 Å². The second-order valence-corrected chi connectivity index (χ2v) is 7.77. The van der Waals surface area contributed by atoms with E-state index in [9.17, 15) is 4.79 Å². The lowest BCUT2D eigenvalue weighted by molar-refractivity contribution is 0.103. The third-order valence-corrected chi connectivity index (χ3v) is 5.63. The van der Waals surface area contributed by atoms with Gasteiger partial charge in [-0.3, -0.25) is 14.8 Å². The maximum Gasteiger partial charge on any atom is 0.211 e. The number of fused-ring (bicyclic) bond motifs is 3. The van der Waals surface area contributed by atoms with Crippen molar-refractivity contribution in [1.29, 1.82) is 0 Å². The molecule has 0 unspecified atom stereocenters. The Labute approximate surface area is 182 Å². The summed E-state index contributed by atoms with van der Waals surface area (Å²) in [6.45, 7) is 0. The Morgan fingerprint density at radius 1 is 0.733 bits per heavy atom. The van der Waals surface area contributed by atoms with E-state index in [2.05, 4.69) is 9.97 Å². The molecular formula is C25H14Cl2N2O. The molecule has 0 saturated carbocycles. The number of hydrogen-bond donors (Lipinski definition) is 0. The highest BCUT2D eigenvalue weighted by molar-refractivity contribution is 6.36. The van der Waals surface area contributed by atoms with Gasteiger partial charge in [0.2, 0.25) is 5.78 Å². The van der Waals surface area contributed by atoms with E-state index in [1.165, 1.54) is 0 Å². The zero-order chi connectivity index (χ0) is 20.7. The topological polar surface area (TPSA) is 42.9 Å². The third-order valence-electron chi connectivity index (χ3n) is 5.08. The molecule has 0 aliphatic heterocycles. The molecule has 0 saturated heterocycles. The monoisotopic (exact) mass is 428 g/mol. The second kappa shape index (κ2) is 7.52. The Bertz CT molecular complexity index is 1420. The first-order valence-electron chi connectivity index (χ1n) is 9.34. The van der Waals surface area contributed by atoms with Gasteiger partial charge in [0.05, 0.1) is 10.7 Å². The second-order valence-electron chi connectivity index (χ2n) is 6.93. The molecule has 0 atom stereocenters. The van der Waals surface area contributed by atoms with E-state index < -0.39 is 0 Å². The van der Waals surface area contributed by atoms with Crippen molar-refractivity contribution >= 4 is 50.5 Å². The quantitative estimate of drug-likeness (QED) is 0.229. The van der Waals surface area contributed by atoms with Crippen molar-refractivity contribution in [1.82, 2.24) is 9.97 Å². The molecule has 0 radical (unpaired) electrons. The molecule has 144 valence electrons. The number of benzene rings is 3. The lowest BCUT2D eigenvalue weighted by Gasteiger charge is -2.13. The molecule has 3 aromatic carbocycles. The van der Waals surface area contributed by atoms with Gasteiger partial charge in [0, 0.05) is 28.5 Å². The summed E-state index contributed by atoms with van der Waals surface area (Å²) >= 11 is 12.9. The van der Waals surface area contributed by atoms with E-state index in [1.54, 1.807) is 30.6 Å². The minimum absolute atomic E-state index is 0.156. The number of ketones is 1. The van der Waals surface area contributed by atoms with Crippen LogP contribution in [0.25, 0.3) is 32.8 Å². The van der Waals surface area contributed by atoms with Crippen LogP contribution >= 0.6 is 23.2 Å². The Hall–Kier alpha value is -3.27. The molecule has 5 aromatic rings. The van der Waals surface area contributed by atoms with E-state index in [4.69, 9.17) is 23.2 Å².